The second-order valence-electron chi connectivity index (χ2n) is 6.88. The number of amides is 1. The first-order valence-electron chi connectivity index (χ1n) is 9.53. The fourth-order valence-corrected chi connectivity index (χ4v) is 4.03. The summed E-state index contributed by atoms with van der Waals surface area (Å²) in [5, 5.41) is 24.0. The Kier molecular flexibility index (Phi) is 8.31. The molecule has 0 spiro atoms. The molecule has 15 heteroatoms. The van der Waals surface area contributed by atoms with Crippen LogP contribution in [-0.4, -0.2) is 22.9 Å². The molecule has 3 rings (SSSR count). The van der Waals surface area contributed by atoms with Crippen LogP contribution in [0, 0.1) is 20.2 Å². The Morgan fingerprint density at radius 3 is 1.39 bits per heavy atom. The molecule has 1 N–H and O–H groups in total. The lowest BCUT2D eigenvalue weighted by Crippen LogP contribution is -2.07. The number of rotatable bonds is 8. The zero-order chi connectivity index (χ0) is 26.7. The third-order valence-corrected chi connectivity index (χ3v) is 5.48. The average Bonchev–Trinajstić information content (AvgIpc) is 2.77. The summed E-state index contributed by atoms with van der Waals surface area (Å²) in [4.78, 5) is 32.5. The van der Waals surface area contributed by atoms with Crippen molar-refractivity contribution >= 4 is 69.4 Å². The van der Waals surface area contributed by atoms with E-state index in [0.717, 1.165) is 24.3 Å². The third kappa shape index (κ3) is 6.00. The smallest absolute Gasteiger partial charge is 0.272 e. The number of carbonyl (C=O) groups excluding carboxylic acids is 1. The lowest BCUT2D eigenvalue weighted by molar-refractivity contribution is -0.385. The van der Waals surface area contributed by atoms with Crippen molar-refractivity contribution in [2.45, 2.75) is 6.92 Å². The first-order chi connectivity index (χ1) is 16.9. The molecular formula is C21H13Cl4N3O8. The third-order valence-electron chi connectivity index (χ3n) is 4.36. The van der Waals surface area contributed by atoms with Gasteiger partial charge in [-0.15, -0.1) is 0 Å². The molecular weight excluding hydrogens is 564 g/mol. The summed E-state index contributed by atoms with van der Waals surface area (Å²) in [5.74, 6) is -0.884. The Morgan fingerprint density at radius 2 is 1.11 bits per heavy atom. The van der Waals surface area contributed by atoms with Crippen LogP contribution in [0.1, 0.15) is 6.92 Å². The molecule has 0 heterocycles. The van der Waals surface area contributed by atoms with Crippen LogP contribution in [0.15, 0.2) is 36.4 Å². The highest BCUT2D eigenvalue weighted by Gasteiger charge is 2.23. The summed E-state index contributed by atoms with van der Waals surface area (Å²) in [6.07, 6.45) is 0. The van der Waals surface area contributed by atoms with Gasteiger partial charge in [0, 0.05) is 49.0 Å². The summed E-state index contributed by atoms with van der Waals surface area (Å²) < 4.78 is 17.0. The maximum absolute atomic E-state index is 11.7. The predicted octanol–water partition coefficient (Wildman–Crippen LogP) is 7.67. The van der Waals surface area contributed by atoms with Crippen molar-refractivity contribution in [2.75, 3.05) is 12.4 Å². The summed E-state index contributed by atoms with van der Waals surface area (Å²) in [6, 6.07) is 6.89. The molecule has 0 aliphatic heterocycles. The van der Waals surface area contributed by atoms with Gasteiger partial charge in [0.15, 0.2) is 23.0 Å². The molecule has 11 nitrogen and oxygen atoms in total. The van der Waals surface area contributed by atoms with E-state index in [-0.39, 0.29) is 65.9 Å². The number of ether oxygens (including phenoxy) is 3. The van der Waals surface area contributed by atoms with Crippen LogP contribution in [0.3, 0.4) is 0 Å². The van der Waals surface area contributed by atoms with Gasteiger partial charge in [0.1, 0.15) is 0 Å². The fraction of sp³-hybridized carbons (Fsp3) is 0.0952. The van der Waals surface area contributed by atoms with E-state index < -0.39 is 15.8 Å². The summed E-state index contributed by atoms with van der Waals surface area (Å²) in [5.41, 5.74) is -0.540. The Morgan fingerprint density at radius 1 is 0.750 bits per heavy atom. The summed E-state index contributed by atoms with van der Waals surface area (Å²) in [7, 11) is 1.28. The molecule has 188 valence electrons. The van der Waals surface area contributed by atoms with Crippen LogP contribution in [-0.2, 0) is 4.79 Å². The maximum atomic E-state index is 11.7. The topological polar surface area (TPSA) is 143 Å². The maximum Gasteiger partial charge on any atom is 0.272 e. The number of non-ortho nitro benzene ring substituents is 2. The lowest BCUT2D eigenvalue weighted by Gasteiger charge is -2.18. The van der Waals surface area contributed by atoms with Gasteiger partial charge in [-0.3, -0.25) is 25.0 Å². The van der Waals surface area contributed by atoms with Crippen molar-refractivity contribution in [3.8, 4) is 28.7 Å². The van der Waals surface area contributed by atoms with Gasteiger partial charge in [0.2, 0.25) is 11.7 Å². The Balaban J connectivity index is 2.14. The van der Waals surface area contributed by atoms with Gasteiger partial charge < -0.3 is 19.5 Å². The van der Waals surface area contributed by atoms with E-state index in [1.165, 1.54) is 26.2 Å². The molecule has 0 unspecified atom stereocenters. The van der Waals surface area contributed by atoms with Crippen molar-refractivity contribution in [3.05, 3.63) is 76.7 Å². The number of hydrogen-bond donors (Lipinski definition) is 1. The van der Waals surface area contributed by atoms with Gasteiger partial charge in [0.25, 0.3) is 11.4 Å². The number of halogens is 4. The zero-order valence-electron chi connectivity index (χ0n) is 18.1. The van der Waals surface area contributed by atoms with E-state index in [1.54, 1.807) is 0 Å². The largest absolute Gasteiger partial charge is 0.490 e. The SMILES string of the molecule is COc1c(Oc2c(Cl)cc([N+](=O)[O-])cc2Cl)cc(NC(C)=O)cc1Oc1c(Cl)cc([N+](=O)[O-])cc1Cl. The molecule has 0 bridgehead atoms. The Bertz CT molecular complexity index is 1260. The first-order valence-corrected chi connectivity index (χ1v) is 11.0. The Hall–Kier alpha value is -3.51. The summed E-state index contributed by atoms with van der Waals surface area (Å²) in [6.45, 7) is 1.26. The molecule has 0 fully saturated rings. The van der Waals surface area contributed by atoms with Crippen LogP contribution < -0.4 is 19.5 Å². The molecule has 0 saturated carbocycles. The van der Waals surface area contributed by atoms with Gasteiger partial charge in [-0.25, -0.2) is 0 Å². The minimum absolute atomic E-state index is 0.0416. The number of nitrogens with one attached hydrogen (secondary N) is 1. The second-order valence-corrected chi connectivity index (χ2v) is 8.51. The fourth-order valence-electron chi connectivity index (χ4n) is 2.92. The van der Waals surface area contributed by atoms with Gasteiger partial charge in [0.05, 0.1) is 37.0 Å². The van der Waals surface area contributed by atoms with E-state index in [0.29, 0.717) is 0 Å². The number of benzene rings is 3. The number of carbonyl (C=O) groups is 1. The highest BCUT2D eigenvalue weighted by atomic mass is 35.5. The molecule has 1 amide bonds. The molecule has 0 saturated heterocycles. The normalized spacial score (nSPS) is 10.5. The van der Waals surface area contributed by atoms with E-state index in [9.17, 15) is 25.0 Å². The van der Waals surface area contributed by atoms with E-state index in [2.05, 4.69) is 5.32 Å². The first kappa shape index (κ1) is 27.1. The summed E-state index contributed by atoms with van der Waals surface area (Å²) >= 11 is 24.6. The minimum atomic E-state index is -0.677. The molecule has 0 atom stereocenters. The minimum Gasteiger partial charge on any atom is -0.490 e. The van der Waals surface area contributed by atoms with Crippen molar-refractivity contribution in [2.24, 2.45) is 0 Å². The van der Waals surface area contributed by atoms with E-state index in [4.69, 9.17) is 60.6 Å². The van der Waals surface area contributed by atoms with Crippen molar-refractivity contribution < 1.29 is 28.9 Å². The molecule has 3 aromatic carbocycles. The number of nitrogens with zero attached hydrogens (tertiary/aromatic N) is 2. The zero-order valence-corrected chi connectivity index (χ0v) is 21.2. The molecule has 3 aromatic rings. The van der Waals surface area contributed by atoms with Gasteiger partial charge in [-0.05, 0) is 0 Å². The van der Waals surface area contributed by atoms with Crippen LogP contribution in [0.25, 0.3) is 0 Å². The number of methoxy groups -OCH3 is 1. The molecule has 36 heavy (non-hydrogen) atoms. The van der Waals surface area contributed by atoms with Gasteiger partial charge >= 0.3 is 0 Å². The van der Waals surface area contributed by atoms with Crippen LogP contribution in [0.5, 0.6) is 28.7 Å². The van der Waals surface area contributed by atoms with Gasteiger partial charge in [-0.1, -0.05) is 46.4 Å². The van der Waals surface area contributed by atoms with Crippen LogP contribution in [0.2, 0.25) is 20.1 Å². The standard InChI is InChI=1S/C21H13Cl4N3O8/c1-9(29)26-10-3-17(35-19-13(22)5-11(27(30)31)6-14(19)23)21(34-2)18(4-10)36-20-15(24)7-12(28(32)33)8-16(20)25/h3-8H,1-2H3,(H,26,29). The number of hydrogen-bond acceptors (Lipinski definition) is 8. The van der Waals surface area contributed by atoms with Crippen LogP contribution >= 0.6 is 46.4 Å². The van der Waals surface area contributed by atoms with Crippen molar-refractivity contribution in [1.82, 2.24) is 0 Å². The molecule has 0 aliphatic carbocycles. The lowest BCUT2D eigenvalue weighted by atomic mass is 10.2. The predicted molar refractivity (Wildman–Crippen MR) is 134 cm³/mol. The van der Waals surface area contributed by atoms with E-state index in [1.807, 2.05) is 0 Å². The molecule has 0 aromatic heterocycles. The van der Waals surface area contributed by atoms with Crippen molar-refractivity contribution in [3.63, 3.8) is 0 Å². The molecule has 0 radical (unpaired) electrons. The van der Waals surface area contributed by atoms with Crippen molar-refractivity contribution in [1.29, 1.82) is 0 Å². The average molecular weight is 577 g/mol. The quantitative estimate of drug-likeness (QED) is 0.212. The Labute approximate surface area is 222 Å². The number of nitro groups is 2. The monoisotopic (exact) mass is 575 g/mol. The molecule has 0 aliphatic rings. The van der Waals surface area contributed by atoms with E-state index >= 15 is 0 Å². The number of nitro benzene ring substituents is 2. The highest BCUT2D eigenvalue weighted by Crippen LogP contribution is 2.49. The van der Waals surface area contributed by atoms with Gasteiger partial charge in [-0.2, -0.15) is 0 Å². The highest BCUT2D eigenvalue weighted by molar-refractivity contribution is 6.38. The van der Waals surface area contributed by atoms with Crippen LogP contribution in [0.4, 0.5) is 17.1 Å². The number of anilines is 1. The second kappa shape index (κ2) is 11.0.